The molecule has 5 nitrogen and oxygen atoms in total. The van der Waals surface area contributed by atoms with E-state index in [-0.39, 0.29) is 5.56 Å². The molecule has 1 aromatic heterocycles. The van der Waals surface area contributed by atoms with E-state index in [1.54, 1.807) is 0 Å². The monoisotopic (exact) mass is 297 g/mol. The molecule has 0 atom stereocenters. The Balaban J connectivity index is 2.09. The van der Waals surface area contributed by atoms with Gasteiger partial charge in [-0.15, -0.1) is 0 Å². The van der Waals surface area contributed by atoms with Crippen molar-refractivity contribution in [2.75, 3.05) is 31.6 Å². The smallest absolute Gasteiger partial charge is 0.337 e. The Kier molecular flexibility index (Phi) is 4.83. The molecule has 0 aromatic carbocycles. The number of nitrogens with zero attached hydrogens (tertiary/aromatic N) is 3. The van der Waals surface area contributed by atoms with Gasteiger partial charge in [-0.25, -0.2) is 9.78 Å². The molecule has 1 aliphatic heterocycles. The van der Waals surface area contributed by atoms with Gasteiger partial charge in [0.25, 0.3) is 0 Å². The van der Waals surface area contributed by atoms with Crippen molar-refractivity contribution in [1.29, 1.82) is 0 Å². The molecule has 1 fully saturated rings. The van der Waals surface area contributed by atoms with Gasteiger partial charge in [-0.3, -0.25) is 0 Å². The van der Waals surface area contributed by atoms with E-state index in [2.05, 4.69) is 21.7 Å². The van der Waals surface area contributed by atoms with Crippen LogP contribution in [0.3, 0.4) is 0 Å². The molecule has 0 unspecified atom stereocenters. The van der Waals surface area contributed by atoms with Crippen molar-refractivity contribution >= 4 is 23.4 Å². The second kappa shape index (κ2) is 6.41. The summed E-state index contributed by atoms with van der Waals surface area (Å²) in [6, 6.07) is 1.86. The zero-order valence-electron chi connectivity index (χ0n) is 11.8. The quantitative estimate of drug-likeness (QED) is 0.924. The van der Waals surface area contributed by atoms with Crippen LogP contribution in [0, 0.1) is 0 Å². The average molecular weight is 298 g/mol. The van der Waals surface area contributed by atoms with Crippen LogP contribution in [0.4, 0.5) is 5.82 Å². The normalized spacial score (nSPS) is 17.1. The third kappa shape index (κ3) is 3.22. The first kappa shape index (κ1) is 15.1. The van der Waals surface area contributed by atoms with Crippen LogP contribution < -0.4 is 4.90 Å². The fourth-order valence-corrected chi connectivity index (χ4v) is 2.90. The van der Waals surface area contributed by atoms with E-state index in [1.165, 1.54) is 12.3 Å². The molecule has 0 amide bonds. The van der Waals surface area contributed by atoms with Crippen LogP contribution >= 0.6 is 11.6 Å². The summed E-state index contributed by atoms with van der Waals surface area (Å²) in [6.45, 7) is 5.42. The molecular formula is C14H20ClN3O2. The predicted octanol–water partition coefficient (Wildman–Crippen LogP) is 2.35. The van der Waals surface area contributed by atoms with Crippen LogP contribution in [-0.2, 0) is 0 Å². The lowest BCUT2D eigenvalue weighted by molar-refractivity contribution is 0.0696. The Morgan fingerprint density at radius 2 is 2.20 bits per heavy atom. The van der Waals surface area contributed by atoms with E-state index < -0.39 is 5.97 Å². The van der Waals surface area contributed by atoms with Crippen LogP contribution in [0.15, 0.2) is 12.3 Å². The first-order valence-corrected chi connectivity index (χ1v) is 7.24. The van der Waals surface area contributed by atoms with Gasteiger partial charge in [0.2, 0.25) is 0 Å². The zero-order chi connectivity index (χ0) is 14.7. The highest BCUT2D eigenvalue weighted by Gasteiger charge is 2.24. The summed E-state index contributed by atoms with van der Waals surface area (Å²) in [4.78, 5) is 19.6. The number of carboxylic acids is 1. The lowest BCUT2D eigenvalue weighted by Gasteiger charge is -2.37. The molecule has 0 saturated carbocycles. The number of aromatic nitrogens is 1. The molecule has 1 aromatic rings. The predicted molar refractivity (Wildman–Crippen MR) is 79.7 cm³/mol. The largest absolute Gasteiger partial charge is 0.478 e. The number of anilines is 1. The van der Waals surface area contributed by atoms with Gasteiger partial charge >= 0.3 is 5.97 Å². The highest BCUT2D eigenvalue weighted by atomic mass is 35.5. The summed E-state index contributed by atoms with van der Waals surface area (Å²) < 4.78 is 0. The molecule has 0 aliphatic carbocycles. The van der Waals surface area contributed by atoms with Gasteiger partial charge in [0.15, 0.2) is 0 Å². The first-order chi connectivity index (χ1) is 9.52. The highest BCUT2D eigenvalue weighted by molar-refractivity contribution is 6.33. The number of aromatic carboxylic acids is 1. The summed E-state index contributed by atoms with van der Waals surface area (Å²) in [6.07, 6.45) is 3.51. The van der Waals surface area contributed by atoms with Crippen molar-refractivity contribution in [2.24, 2.45) is 0 Å². The summed E-state index contributed by atoms with van der Waals surface area (Å²) in [5.41, 5.74) is 0.118. The van der Waals surface area contributed by atoms with Crippen molar-refractivity contribution in [3.05, 3.63) is 22.8 Å². The number of piperidine rings is 1. The molecule has 1 N–H and O–H groups in total. The molecule has 110 valence electrons. The Bertz CT molecular complexity index is 487. The third-order valence-electron chi connectivity index (χ3n) is 3.95. The number of hydrogen-bond acceptors (Lipinski definition) is 4. The maximum absolute atomic E-state index is 10.9. The first-order valence-electron chi connectivity index (χ1n) is 6.87. The van der Waals surface area contributed by atoms with Gasteiger partial charge < -0.3 is 14.9 Å². The molecule has 20 heavy (non-hydrogen) atoms. The van der Waals surface area contributed by atoms with E-state index in [9.17, 15) is 4.79 Å². The minimum absolute atomic E-state index is 0.118. The molecular weight excluding hydrogens is 278 g/mol. The van der Waals surface area contributed by atoms with E-state index >= 15 is 0 Å². The summed E-state index contributed by atoms with van der Waals surface area (Å²) in [5.74, 6) is -0.350. The molecule has 1 saturated heterocycles. The van der Waals surface area contributed by atoms with E-state index in [4.69, 9.17) is 16.7 Å². The number of hydrogen-bond donors (Lipinski definition) is 1. The topological polar surface area (TPSA) is 56.7 Å². The number of likely N-dealkylation sites (tertiary alicyclic amines) is 1. The van der Waals surface area contributed by atoms with E-state index in [0.29, 0.717) is 16.9 Å². The van der Waals surface area contributed by atoms with Crippen LogP contribution in [0.25, 0.3) is 0 Å². The Morgan fingerprint density at radius 1 is 1.55 bits per heavy atom. The fraction of sp³-hybridized carbons (Fsp3) is 0.571. The molecule has 1 aliphatic rings. The van der Waals surface area contributed by atoms with Crippen molar-refractivity contribution in [3.8, 4) is 0 Å². The highest BCUT2D eigenvalue weighted by Crippen LogP contribution is 2.27. The lowest BCUT2D eigenvalue weighted by atomic mass is 10.0. The minimum Gasteiger partial charge on any atom is -0.478 e. The van der Waals surface area contributed by atoms with Gasteiger partial charge in [-0.1, -0.05) is 18.5 Å². The standard InChI is InChI=1S/C14H20ClN3O2/c1-3-18-6-4-11(5-7-18)17(2)13-12(15)8-10(9-16-13)14(19)20/h8-9,11H,3-7H2,1-2H3,(H,19,20). The van der Waals surface area contributed by atoms with Gasteiger partial charge in [-0.2, -0.15) is 0 Å². The molecule has 0 radical (unpaired) electrons. The van der Waals surface area contributed by atoms with Crippen molar-refractivity contribution in [2.45, 2.75) is 25.8 Å². The van der Waals surface area contributed by atoms with Gasteiger partial charge in [0, 0.05) is 32.4 Å². The SMILES string of the molecule is CCN1CCC(N(C)c2ncc(C(=O)O)cc2Cl)CC1. The second-order valence-electron chi connectivity index (χ2n) is 5.11. The average Bonchev–Trinajstić information content (AvgIpc) is 2.46. The summed E-state index contributed by atoms with van der Waals surface area (Å²) in [7, 11) is 1.97. The number of carbonyl (C=O) groups is 1. The zero-order valence-corrected chi connectivity index (χ0v) is 12.6. The van der Waals surface area contributed by atoms with Gasteiger partial charge in [-0.05, 0) is 25.5 Å². The van der Waals surface area contributed by atoms with E-state index in [0.717, 1.165) is 32.5 Å². The number of halogens is 1. The maximum Gasteiger partial charge on any atom is 0.337 e. The Labute approximate surface area is 124 Å². The number of carboxylic acid groups (broad SMARTS) is 1. The third-order valence-corrected chi connectivity index (χ3v) is 4.23. The Morgan fingerprint density at radius 3 is 2.70 bits per heavy atom. The van der Waals surface area contributed by atoms with Crippen molar-refractivity contribution in [3.63, 3.8) is 0 Å². The van der Waals surface area contributed by atoms with E-state index in [1.807, 2.05) is 7.05 Å². The Hall–Kier alpha value is -1.33. The minimum atomic E-state index is -1.01. The molecule has 2 rings (SSSR count). The molecule has 0 spiro atoms. The number of pyridine rings is 1. The van der Waals surface area contributed by atoms with Crippen molar-refractivity contribution in [1.82, 2.24) is 9.88 Å². The summed E-state index contributed by atoms with van der Waals surface area (Å²) in [5, 5.41) is 9.32. The van der Waals surface area contributed by atoms with Crippen molar-refractivity contribution < 1.29 is 9.90 Å². The second-order valence-corrected chi connectivity index (χ2v) is 5.52. The van der Waals surface area contributed by atoms with Crippen LogP contribution in [0.1, 0.15) is 30.1 Å². The molecule has 0 bridgehead atoms. The van der Waals surface area contributed by atoms with Crippen LogP contribution in [0.2, 0.25) is 5.02 Å². The molecule has 6 heteroatoms. The number of rotatable bonds is 4. The van der Waals surface area contributed by atoms with Gasteiger partial charge in [0.05, 0.1) is 10.6 Å². The molecule has 2 heterocycles. The van der Waals surface area contributed by atoms with Gasteiger partial charge in [0.1, 0.15) is 5.82 Å². The summed E-state index contributed by atoms with van der Waals surface area (Å²) >= 11 is 6.17. The fourth-order valence-electron chi connectivity index (χ4n) is 2.60. The lowest BCUT2D eigenvalue weighted by Crippen LogP contribution is -2.43. The maximum atomic E-state index is 10.9. The van der Waals surface area contributed by atoms with Crippen LogP contribution in [-0.4, -0.2) is 53.7 Å². The van der Waals surface area contributed by atoms with Crippen LogP contribution in [0.5, 0.6) is 0 Å².